The van der Waals surface area contributed by atoms with Gasteiger partial charge in [-0.2, -0.15) is 0 Å². The Kier molecular flexibility index (Phi) is 3.05. The number of urea groups is 1. The molecule has 0 saturated heterocycles. The maximum atomic E-state index is 11.4. The molecule has 16 heavy (non-hydrogen) atoms. The van der Waals surface area contributed by atoms with Crippen LogP contribution in [0.5, 0.6) is 0 Å². The molecule has 2 heterocycles. The van der Waals surface area contributed by atoms with Crippen LogP contribution in [0.25, 0.3) is 5.52 Å². The number of aromatic nitrogens is 2. The highest BCUT2D eigenvalue weighted by Crippen LogP contribution is 2.09. The molecular weight excluding hydrogens is 204 g/mol. The van der Waals surface area contributed by atoms with Crippen LogP contribution in [0.3, 0.4) is 0 Å². The van der Waals surface area contributed by atoms with E-state index in [0.717, 1.165) is 11.9 Å². The van der Waals surface area contributed by atoms with Crippen molar-refractivity contribution in [2.75, 3.05) is 11.9 Å². The molecule has 0 aromatic carbocycles. The average Bonchev–Trinajstić information content (AvgIpc) is 2.70. The maximum absolute atomic E-state index is 11.4. The number of rotatable bonds is 3. The third-order valence-corrected chi connectivity index (χ3v) is 2.20. The third-order valence-electron chi connectivity index (χ3n) is 2.20. The number of imidazole rings is 1. The van der Waals surface area contributed by atoms with Gasteiger partial charge in [0.05, 0.1) is 11.7 Å². The topological polar surface area (TPSA) is 58.4 Å². The molecule has 0 radical (unpaired) electrons. The number of fused-ring (bicyclic) bond motifs is 1. The van der Waals surface area contributed by atoms with E-state index in [1.54, 1.807) is 6.20 Å². The van der Waals surface area contributed by atoms with Gasteiger partial charge in [0.1, 0.15) is 0 Å². The summed E-state index contributed by atoms with van der Waals surface area (Å²) in [5, 5.41) is 5.43. The van der Waals surface area contributed by atoms with E-state index < -0.39 is 0 Å². The van der Waals surface area contributed by atoms with Gasteiger partial charge in [-0.3, -0.25) is 9.72 Å². The number of hydrogen-bond donors (Lipinski definition) is 2. The molecule has 0 aliphatic rings. The second-order valence-electron chi connectivity index (χ2n) is 3.46. The number of hydrogen-bond acceptors (Lipinski definition) is 2. The van der Waals surface area contributed by atoms with E-state index in [4.69, 9.17) is 0 Å². The molecule has 0 bridgehead atoms. The Hall–Kier alpha value is -2.04. The lowest BCUT2D eigenvalue weighted by atomic mass is 10.4. The van der Waals surface area contributed by atoms with Crippen LogP contribution in [-0.2, 0) is 0 Å². The molecule has 84 valence electrons. The van der Waals surface area contributed by atoms with Crippen LogP contribution in [0, 0.1) is 0 Å². The SMILES string of the molecule is CCCNC(=O)Nc1ncc2ccccn12. The van der Waals surface area contributed by atoms with Crippen LogP contribution in [0.1, 0.15) is 13.3 Å². The van der Waals surface area contributed by atoms with Crippen molar-refractivity contribution in [2.24, 2.45) is 0 Å². The number of nitrogens with zero attached hydrogens (tertiary/aromatic N) is 2. The minimum atomic E-state index is -0.224. The van der Waals surface area contributed by atoms with E-state index in [2.05, 4.69) is 15.6 Å². The molecule has 5 heteroatoms. The van der Waals surface area contributed by atoms with Gasteiger partial charge in [-0.25, -0.2) is 9.78 Å². The van der Waals surface area contributed by atoms with Gasteiger partial charge < -0.3 is 5.32 Å². The fraction of sp³-hybridized carbons (Fsp3) is 0.273. The minimum absolute atomic E-state index is 0.224. The molecule has 0 fully saturated rings. The smallest absolute Gasteiger partial charge is 0.321 e. The second-order valence-corrected chi connectivity index (χ2v) is 3.46. The molecule has 2 N–H and O–H groups in total. The zero-order valence-corrected chi connectivity index (χ0v) is 9.10. The first-order valence-electron chi connectivity index (χ1n) is 5.28. The molecule has 0 aliphatic carbocycles. The molecule has 0 saturated carbocycles. The lowest BCUT2D eigenvalue weighted by Crippen LogP contribution is -2.29. The number of anilines is 1. The molecule has 2 aromatic rings. The summed E-state index contributed by atoms with van der Waals surface area (Å²) >= 11 is 0. The average molecular weight is 218 g/mol. The summed E-state index contributed by atoms with van der Waals surface area (Å²) in [6.45, 7) is 2.67. The van der Waals surface area contributed by atoms with Crippen molar-refractivity contribution in [3.05, 3.63) is 30.6 Å². The molecule has 2 amide bonds. The zero-order valence-electron chi connectivity index (χ0n) is 9.10. The number of carbonyl (C=O) groups excluding carboxylic acids is 1. The van der Waals surface area contributed by atoms with Crippen LogP contribution in [0.2, 0.25) is 0 Å². The number of nitrogens with one attached hydrogen (secondary N) is 2. The van der Waals surface area contributed by atoms with Crippen LogP contribution in [0.15, 0.2) is 30.6 Å². The van der Waals surface area contributed by atoms with Crippen molar-refractivity contribution in [1.29, 1.82) is 0 Å². The van der Waals surface area contributed by atoms with Gasteiger partial charge in [0.2, 0.25) is 5.95 Å². The maximum Gasteiger partial charge on any atom is 0.321 e. The summed E-state index contributed by atoms with van der Waals surface area (Å²) in [4.78, 5) is 15.6. The van der Waals surface area contributed by atoms with Gasteiger partial charge in [-0.1, -0.05) is 13.0 Å². The largest absolute Gasteiger partial charge is 0.338 e. The van der Waals surface area contributed by atoms with Gasteiger partial charge in [0.15, 0.2) is 0 Å². The van der Waals surface area contributed by atoms with E-state index in [1.165, 1.54) is 0 Å². The number of carbonyl (C=O) groups is 1. The molecule has 0 atom stereocenters. The summed E-state index contributed by atoms with van der Waals surface area (Å²) in [7, 11) is 0. The van der Waals surface area contributed by atoms with E-state index in [0.29, 0.717) is 12.5 Å². The van der Waals surface area contributed by atoms with Crippen molar-refractivity contribution >= 4 is 17.5 Å². The first kappa shape index (κ1) is 10.5. The number of pyridine rings is 1. The Balaban J connectivity index is 2.12. The monoisotopic (exact) mass is 218 g/mol. The quantitative estimate of drug-likeness (QED) is 0.826. The van der Waals surface area contributed by atoms with Crippen molar-refractivity contribution in [2.45, 2.75) is 13.3 Å². The summed E-state index contributed by atoms with van der Waals surface area (Å²) < 4.78 is 1.82. The van der Waals surface area contributed by atoms with Gasteiger partial charge in [0.25, 0.3) is 0 Å². The molecule has 0 aliphatic heterocycles. The predicted octanol–water partition coefficient (Wildman–Crippen LogP) is 1.87. The van der Waals surface area contributed by atoms with Gasteiger partial charge in [0, 0.05) is 12.7 Å². The zero-order chi connectivity index (χ0) is 11.4. The summed E-state index contributed by atoms with van der Waals surface area (Å²) in [6.07, 6.45) is 4.49. The highest BCUT2D eigenvalue weighted by Gasteiger charge is 2.05. The van der Waals surface area contributed by atoms with E-state index in [1.807, 2.05) is 35.7 Å². The highest BCUT2D eigenvalue weighted by molar-refractivity contribution is 5.87. The first-order valence-corrected chi connectivity index (χ1v) is 5.28. The van der Waals surface area contributed by atoms with Crippen molar-refractivity contribution < 1.29 is 4.79 Å². The van der Waals surface area contributed by atoms with Crippen molar-refractivity contribution in [3.8, 4) is 0 Å². The van der Waals surface area contributed by atoms with Crippen molar-refractivity contribution in [3.63, 3.8) is 0 Å². The molecular formula is C11H14N4O. The molecule has 5 nitrogen and oxygen atoms in total. The third kappa shape index (κ3) is 2.13. The van der Waals surface area contributed by atoms with E-state index in [9.17, 15) is 4.79 Å². The first-order chi connectivity index (χ1) is 7.81. The normalized spacial score (nSPS) is 10.3. The lowest BCUT2D eigenvalue weighted by molar-refractivity contribution is 0.252. The fourth-order valence-electron chi connectivity index (χ4n) is 1.42. The fourth-order valence-corrected chi connectivity index (χ4v) is 1.42. The predicted molar refractivity (Wildman–Crippen MR) is 62.5 cm³/mol. The van der Waals surface area contributed by atoms with Gasteiger partial charge in [-0.15, -0.1) is 0 Å². The van der Waals surface area contributed by atoms with Gasteiger partial charge in [-0.05, 0) is 18.6 Å². The Labute approximate surface area is 93.5 Å². The lowest BCUT2D eigenvalue weighted by Gasteiger charge is -2.05. The van der Waals surface area contributed by atoms with Crippen molar-refractivity contribution in [1.82, 2.24) is 14.7 Å². The summed E-state index contributed by atoms with van der Waals surface area (Å²) in [6, 6.07) is 5.53. The summed E-state index contributed by atoms with van der Waals surface area (Å²) in [5.41, 5.74) is 0.952. The molecule has 2 rings (SSSR count). The molecule has 0 unspecified atom stereocenters. The van der Waals surface area contributed by atoms with Crippen LogP contribution in [-0.4, -0.2) is 22.0 Å². The Morgan fingerprint density at radius 1 is 1.50 bits per heavy atom. The molecule has 2 aromatic heterocycles. The van der Waals surface area contributed by atoms with Crippen LogP contribution in [0.4, 0.5) is 10.7 Å². The van der Waals surface area contributed by atoms with Crippen LogP contribution < -0.4 is 10.6 Å². The Bertz CT molecular complexity index is 491. The summed E-state index contributed by atoms with van der Waals surface area (Å²) in [5.74, 6) is 0.532. The minimum Gasteiger partial charge on any atom is -0.338 e. The van der Waals surface area contributed by atoms with E-state index >= 15 is 0 Å². The number of amides is 2. The Morgan fingerprint density at radius 2 is 2.38 bits per heavy atom. The Morgan fingerprint density at radius 3 is 3.19 bits per heavy atom. The van der Waals surface area contributed by atoms with E-state index in [-0.39, 0.29) is 6.03 Å². The van der Waals surface area contributed by atoms with Crippen LogP contribution >= 0.6 is 0 Å². The second kappa shape index (κ2) is 4.65. The molecule has 0 spiro atoms. The highest BCUT2D eigenvalue weighted by atomic mass is 16.2. The standard InChI is InChI=1S/C11H14N4O/c1-2-6-12-11(16)14-10-13-8-9-5-3-4-7-15(9)10/h3-5,7-8H,2,6H2,1H3,(H2,12,13,14,16). The van der Waals surface area contributed by atoms with Gasteiger partial charge >= 0.3 is 6.03 Å².